The molecule has 0 aliphatic carbocycles. The van der Waals surface area contributed by atoms with E-state index >= 15 is 0 Å². The molecule has 1 aromatic heterocycles. The number of hydrogen-bond donors (Lipinski definition) is 1. The zero-order valence-electron chi connectivity index (χ0n) is 9.52. The highest BCUT2D eigenvalue weighted by molar-refractivity contribution is 7.99. The second-order valence-electron chi connectivity index (χ2n) is 4.38. The van der Waals surface area contributed by atoms with Gasteiger partial charge in [-0.05, 0) is 13.5 Å². The van der Waals surface area contributed by atoms with Crippen LogP contribution in [0, 0.1) is 0 Å². The lowest BCUT2D eigenvalue weighted by atomic mass is 10.2. The Balaban J connectivity index is 1.85. The number of nitrogens with one attached hydrogen (secondary N) is 1. The number of nitrogens with zero attached hydrogens (tertiary/aromatic N) is 4. The zero-order valence-corrected chi connectivity index (χ0v) is 10.3. The van der Waals surface area contributed by atoms with E-state index in [4.69, 9.17) is 0 Å². The third-order valence-corrected chi connectivity index (χ3v) is 4.26. The van der Waals surface area contributed by atoms with Gasteiger partial charge in [0.2, 0.25) is 0 Å². The summed E-state index contributed by atoms with van der Waals surface area (Å²) < 4.78 is 2.06. The number of aromatic nitrogens is 3. The fourth-order valence-corrected chi connectivity index (χ4v) is 3.11. The number of piperazine rings is 1. The van der Waals surface area contributed by atoms with Crippen molar-refractivity contribution in [3.8, 4) is 0 Å². The van der Waals surface area contributed by atoms with Crippen molar-refractivity contribution in [3.63, 3.8) is 0 Å². The molecule has 3 rings (SSSR count). The molecule has 1 fully saturated rings. The molecule has 1 unspecified atom stereocenters. The van der Waals surface area contributed by atoms with E-state index in [1.165, 1.54) is 12.2 Å². The number of hydrogen-bond acceptors (Lipinski definition) is 5. The molecule has 6 heteroatoms. The molecular formula is C10H17N5S. The summed E-state index contributed by atoms with van der Waals surface area (Å²) in [6.07, 6.45) is 1.21. The van der Waals surface area contributed by atoms with E-state index in [0.717, 1.165) is 37.2 Å². The van der Waals surface area contributed by atoms with Gasteiger partial charge in [0, 0.05) is 31.9 Å². The van der Waals surface area contributed by atoms with Crippen LogP contribution in [0.5, 0.6) is 0 Å². The molecule has 0 aromatic carbocycles. The molecule has 16 heavy (non-hydrogen) atoms. The van der Waals surface area contributed by atoms with E-state index in [0.29, 0.717) is 6.04 Å². The molecular weight excluding hydrogens is 222 g/mol. The number of rotatable bonds is 1. The molecule has 0 saturated carbocycles. The third-order valence-electron chi connectivity index (χ3n) is 3.21. The van der Waals surface area contributed by atoms with Crippen molar-refractivity contribution in [1.29, 1.82) is 0 Å². The highest BCUT2D eigenvalue weighted by atomic mass is 32.2. The van der Waals surface area contributed by atoms with E-state index in [-0.39, 0.29) is 0 Å². The van der Waals surface area contributed by atoms with Crippen molar-refractivity contribution in [3.05, 3.63) is 5.82 Å². The number of aryl methyl sites for hydroxylation is 1. The predicted molar refractivity (Wildman–Crippen MR) is 63.6 cm³/mol. The Labute approximate surface area is 99.6 Å². The van der Waals surface area contributed by atoms with Gasteiger partial charge in [0.25, 0.3) is 0 Å². The van der Waals surface area contributed by atoms with Crippen LogP contribution < -0.4 is 5.32 Å². The van der Waals surface area contributed by atoms with Gasteiger partial charge in [0.15, 0.2) is 11.0 Å². The first kappa shape index (κ1) is 10.6. The maximum Gasteiger partial charge on any atom is 0.186 e. The summed E-state index contributed by atoms with van der Waals surface area (Å²) in [6, 6.07) is 0.340. The quantitative estimate of drug-likeness (QED) is 0.766. The molecule has 3 heterocycles. The minimum Gasteiger partial charge on any atom is -0.313 e. The van der Waals surface area contributed by atoms with Crippen LogP contribution in [-0.4, -0.2) is 52.1 Å². The summed E-state index contributed by atoms with van der Waals surface area (Å²) in [7, 11) is 2.15. The van der Waals surface area contributed by atoms with Crippen LogP contribution >= 0.6 is 11.8 Å². The van der Waals surface area contributed by atoms with Crippen molar-refractivity contribution in [2.75, 3.05) is 32.4 Å². The summed E-state index contributed by atoms with van der Waals surface area (Å²) in [6.45, 7) is 4.13. The van der Waals surface area contributed by atoms with Crippen molar-refractivity contribution in [2.24, 2.45) is 0 Å². The van der Waals surface area contributed by atoms with Gasteiger partial charge in [0.05, 0.1) is 6.04 Å². The Bertz CT molecular complexity index is 354. The molecule has 2 aliphatic rings. The van der Waals surface area contributed by atoms with Gasteiger partial charge in [0.1, 0.15) is 0 Å². The molecule has 1 aromatic rings. The van der Waals surface area contributed by atoms with Crippen LogP contribution in [0.3, 0.4) is 0 Å². The summed E-state index contributed by atoms with van der Waals surface area (Å²) in [5.41, 5.74) is 0. The van der Waals surface area contributed by atoms with Gasteiger partial charge in [-0.3, -0.25) is 4.90 Å². The Morgan fingerprint density at radius 2 is 2.38 bits per heavy atom. The summed E-state index contributed by atoms with van der Waals surface area (Å²) in [4.78, 5) is 6.99. The predicted octanol–water partition coefficient (Wildman–Crippen LogP) is 0.350. The maximum absolute atomic E-state index is 4.66. The summed E-state index contributed by atoms with van der Waals surface area (Å²) in [5.74, 6) is 2.16. The molecule has 88 valence electrons. The average molecular weight is 239 g/mol. The Kier molecular flexibility index (Phi) is 2.87. The maximum atomic E-state index is 4.66. The fraction of sp³-hybridized carbons (Fsp3) is 0.800. The molecule has 0 amide bonds. The highest BCUT2D eigenvalue weighted by Gasteiger charge is 2.26. The van der Waals surface area contributed by atoms with Crippen LogP contribution in [-0.2, 0) is 6.54 Å². The fourth-order valence-electron chi connectivity index (χ4n) is 2.21. The minimum atomic E-state index is 0.340. The first-order chi connectivity index (χ1) is 7.84. The van der Waals surface area contributed by atoms with Crippen LogP contribution in [0.25, 0.3) is 0 Å². The molecule has 0 radical (unpaired) electrons. The third kappa shape index (κ3) is 1.85. The summed E-state index contributed by atoms with van der Waals surface area (Å²) >= 11 is 1.83. The van der Waals surface area contributed by atoms with Crippen LogP contribution in [0.15, 0.2) is 5.16 Å². The van der Waals surface area contributed by atoms with Crippen LogP contribution in [0.1, 0.15) is 18.3 Å². The Morgan fingerprint density at radius 1 is 1.44 bits per heavy atom. The van der Waals surface area contributed by atoms with Crippen molar-refractivity contribution >= 4 is 11.8 Å². The van der Waals surface area contributed by atoms with E-state index in [1.807, 2.05) is 11.8 Å². The minimum absolute atomic E-state index is 0.340. The Hall–Kier alpha value is -0.590. The van der Waals surface area contributed by atoms with E-state index in [9.17, 15) is 0 Å². The van der Waals surface area contributed by atoms with Crippen LogP contribution in [0.4, 0.5) is 0 Å². The summed E-state index contributed by atoms with van der Waals surface area (Å²) in [5, 5.41) is 9.13. The SMILES string of the molecule is CN1CCNCC1c1nc2n(n1)CCCS2. The number of likely N-dealkylation sites (N-methyl/N-ethyl adjacent to an activating group) is 1. The van der Waals surface area contributed by atoms with Gasteiger partial charge < -0.3 is 5.32 Å². The van der Waals surface area contributed by atoms with Crippen molar-refractivity contribution in [1.82, 2.24) is 25.0 Å². The molecule has 1 N–H and O–H groups in total. The molecule has 0 bridgehead atoms. The normalized spacial score (nSPS) is 26.7. The van der Waals surface area contributed by atoms with Crippen molar-refractivity contribution in [2.45, 2.75) is 24.2 Å². The molecule has 0 spiro atoms. The lowest BCUT2D eigenvalue weighted by Crippen LogP contribution is -2.44. The van der Waals surface area contributed by atoms with Gasteiger partial charge in [-0.15, -0.1) is 0 Å². The monoisotopic (exact) mass is 239 g/mol. The van der Waals surface area contributed by atoms with Crippen LogP contribution in [0.2, 0.25) is 0 Å². The van der Waals surface area contributed by atoms with Gasteiger partial charge >= 0.3 is 0 Å². The standard InChI is InChI=1S/C10H17N5S/c1-14-5-3-11-7-8(14)9-12-10-15(13-9)4-2-6-16-10/h8,11H,2-7H2,1H3. The highest BCUT2D eigenvalue weighted by Crippen LogP contribution is 2.25. The zero-order chi connectivity index (χ0) is 11.0. The second-order valence-corrected chi connectivity index (χ2v) is 5.44. The molecule has 1 atom stereocenters. The van der Waals surface area contributed by atoms with Gasteiger partial charge in [-0.2, -0.15) is 5.10 Å². The topological polar surface area (TPSA) is 46.0 Å². The first-order valence-electron chi connectivity index (χ1n) is 5.83. The second kappa shape index (κ2) is 4.35. The largest absolute Gasteiger partial charge is 0.313 e. The molecule has 1 saturated heterocycles. The first-order valence-corrected chi connectivity index (χ1v) is 6.81. The van der Waals surface area contributed by atoms with Crippen molar-refractivity contribution < 1.29 is 0 Å². The van der Waals surface area contributed by atoms with Gasteiger partial charge in [-0.1, -0.05) is 11.8 Å². The molecule has 2 aliphatic heterocycles. The van der Waals surface area contributed by atoms with E-state index in [2.05, 4.69) is 32.0 Å². The lowest BCUT2D eigenvalue weighted by Gasteiger charge is -2.30. The number of thioether (sulfide) groups is 1. The lowest BCUT2D eigenvalue weighted by molar-refractivity contribution is 0.194. The van der Waals surface area contributed by atoms with E-state index < -0.39 is 0 Å². The molecule has 5 nitrogen and oxygen atoms in total. The van der Waals surface area contributed by atoms with E-state index in [1.54, 1.807) is 0 Å². The Morgan fingerprint density at radius 3 is 3.19 bits per heavy atom. The average Bonchev–Trinajstić information content (AvgIpc) is 2.73. The smallest absolute Gasteiger partial charge is 0.186 e. The van der Waals surface area contributed by atoms with Gasteiger partial charge in [-0.25, -0.2) is 9.67 Å². The number of fused-ring (bicyclic) bond motifs is 1.